The zero-order valence-electron chi connectivity index (χ0n) is 15.0. The van der Waals surface area contributed by atoms with Crippen molar-refractivity contribution in [2.75, 3.05) is 17.3 Å². The van der Waals surface area contributed by atoms with Crippen LogP contribution in [0.5, 0.6) is 5.75 Å². The van der Waals surface area contributed by atoms with Crippen molar-refractivity contribution >= 4 is 27.1 Å². The van der Waals surface area contributed by atoms with E-state index in [1.54, 1.807) is 18.2 Å². The van der Waals surface area contributed by atoms with E-state index < -0.39 is 33.3 Å². The molecule has 146 valence electrons. The summed E-state index contributed by atoms with van der Waals surface area (Å²) in [6.45, 7) is 1.43. The van der Waals surface area contributed by atoms with Gasteiger partial charge in [-0.3, -0.25) is 14.9 Å². The summed E-state index contributed by atoms with van der Waals surface area (Å²) in [4.78, 5) is 24.7. The highest BCUT2D eigenvalue weighted by Crippen LogP contribution is 2.27. The van der Waals surface area contributed by atoms with Gasteiger partial charge in [0.15, 0.2) is 22.2 Å². The minimum absolute atomic E-state index is 0.0284. The average molecular weight is 402 g/mol. The van der Waals surface area contributed by atoms with E-state index >= 15 is 0 Å². The third kappa shape index (κ3) is 4.37. The lowest BCUT2D eigenvalue weighted by Gasteiger charge is -2.27. The number of para-hydroxylation sites is 2. The molecule has 8 nitrogen and oxygen atoms in total. The number of nitrogens with zero attached hydrogens (tertiary/aromatic N) is 2. The number of nitro groups is 1. The zero-order chi connectivity index (χ0) is 20.3. The first-order valence-corrected chi connectivity index (χ1v) is 10.1. The number of anilines is 1. The van der Waals surface area contributed by atoms with E-state index in [0.717, 1.165) is 11.0 Å². The molecule has 0 radical (unpaired) electrons. The number of amides is 1. The van der Waals surface area contributed by atoms with Crippen molar-refractivity contribution in [3.63, 3.8) is 0 Å². The molecule has 0 saturated heterocycles. The topological polar surface area (TPSA) is 107 Å². The van der Waals surface area contributed by atoms with Crippen molar-refractivity contribution in [3.8, 4) is 5.75 Å². The van der Waals surface area contributed by atoms with Gasteiger partial charge in [0.2, 0.25) is 0 Å². The molecule has 2 aromatic carbocycles. The van der Waals surface area contributed by atoms with E-state index in [4.69, 9.17) is 4.74 Å². The SMILES string of the molecule is Cc1ccc(N(C(=O)COc2ccccc2[N+](=O)[O-])[C@@H]2C=CS(=O)(=O)C2)cc1. The molecule has 0 N–H and O–H groups in total. The van der Waals surface area contributed by atoms with Gasteiger partial charge in [-0.15, -0.1) is 0 Å². The van der Waals surface area contributed by atoms with Crippen molar-refractivity contribution in [1.29, 1.82) is 0 Å². The second kappa shape index (κ2) is 7.81. The fourth-order valence-electron chi connectivity index (χ4n) is 2.88. The molecule has 1 amide bonds. The van der Waals surface area contributed by atoms with Gasteiger partial charge in [0.1, 0.15) is 0 Å². The summed E-state index contributed by atoms with van der Waals surface area (Å²) in [6, 6.07) is 12.1. The highest BCUT2D eigenvalue weighted by molar-refractivity contribution is 7.94. The third-order valence-corrected chi connectivity index (χ3v) is 5.61. The van der Waals surface area contributed by atoms with Gasteiger partial charge in [0.25, 0.3) is 5.91 Å². The summed E-state index contributed by atoms with van der Waals surface area (Å²) in [5.74, 6) is -0.758. The van der Waals surface area contributed by atoms with E-state index in [-0.39, 0.29) is 17.2 Å². The number of hydrogen-bond acceptors (Lipinski definition) is 6. The molecule has 28 heavy (non-hydrogen) atoms. The largest absolute Gasteiger partial charge is 0.477 e. The maximum atomic E-state index is 12.9. The van der Waals surface area contributed by atoms with Gasteiger partial charge >= 0.3 is 5.69 Å². The van der Waals surface area contributed by atoms with Gasteiger partial charge in [-0.1, -0.05) is 29.8 Å². The van der Waals surface area contributed by atoms with E-state index in [0.29, 0.717) is 5.69 Å². The Morgan fingerprint density at radius 2 is 1.89 bits per heavy atom. The van der Waals surface area contributed by atoms with E-state index in [2.05, 4.69) is 0 Å². The number of nitro benzene ring substituents is 1. The van der Waals surface area contributed by atoms with E-state index in [9.17, 15) is 23.3 Å². The minimum Gasteiger partial charge on any atom is -0.477 e. The Kier molecular flexibility index (Phi) is 5.46. The van der Waals surface area contributed by atoms with Gasteiger partial charge in [0.05, 0.1) is 16.7 Å². The number of aryl methyl sites for hydroxylation is 1. The summed E-state index contributed by atoms with van der Waals surface area (Å²) in [7, 11) is -3.38. The van der Waals surface area contributed by atoms with E-state index in [1.165, 1.54) is 29.2 Å². The van der Waals surface area contributed by atoms with Crippen LogP contribution in [0.3, 0.4) is 0 Å². The number of rotatable bonds is 6. The Hall–Kier alpha value is -3.20. The molecule has 0 fully saturated rings. The van der Waals surface area contributed by atoms with Crippen LogP contribution in [0.4, 0.5) is 11.4 Å². The lowest BCUT2D eigenvalue weighted by atomic mass is 10.1. The number of ether oxygens (including phenoxy) is 1. The van der Waals surface area contributed by atoms with Crippen LogP contribution < -0.4 is 9.64 Å². The maximum Gasteiger partial charge on any atom is 0.310 e. The zero-order valence-corrected chi connectivity index (χ0v) is 15.8. The minimum atomic E-state index is -3.38. The van der Waals surface area contributed by atoms with Gasteiger partial charge < -0.3 is 9.64 Å². The highest BCUT2D eigenvalue weighted by Gasteiger charge is 2.32. The molecule has 1 aliphatic rings. The Morgan fingerprint density at radius 1 is 1.21 bits per heavy atom. The molecule has 1 atom stereocenters. The molecule has 0 aromatic heterocycles. The molecule has 2 aromatic rings. The smallest absolute Gasteiger partial charge is 0.310 e. The van der Waals surface area contributed by atoms with Crippen LogP contribution in [0.25, 0.3) is 0 Å². The fraction of sp³-hybridized carbons (Fsp3) is 0.211. The number of benzene rings is 2. The highest BCUT2D eigenvalue weighted by atomic mass is 32.2. The molecule has 0 unspecified atom stereocenters. The second-order valence-corrected chi connectivity index (χ2v) is 8.27. The number of sulfone groups is 1. The molecule has 9 heteroatoms. The summed E-state index contributed by atoms with van der Waals surface area (Å²) in [6.07, 6.45) is 1.46. The summed E-state index contributed by atoms with van der Waals surface area (Å²) in [5, 5.41) is 12.2. The lowest BCUT2D eigenvalue weighted by molar-refractivity contribution is -0.385. The monoisotopic (exact) mass is 402 g/mol. The van der Waals surface area contributed by atoms with Gasteiger partial charge in [-0.05, 0) is 31.2 Å². The predicted molar refractivity (Wildman–Crippen MR) is 104 cm³/mol. The first-order valence-electron chi connectivity index (χ1n) is 8.43. The van der Waals surface area contributed by atoms with Gasteiger partial charge in [-0.25, -0.2) is 8.42 Å². The van der Waals surface area contributed by atoms with Gasteiger partial charge in [0, 0.05) is 17.2 Å². The molecular weight excluding hydrogens is 384 g/mol. The number of carbonyl (C=O) groups excluding carboxylic acids is 1. The quantitative estimate of drug-likeness (QED) is 0.543. The summed E-state index contributed by atoms with van der Waals surface area (Å²) >= 11 is 0. The summed E-state index contributed by atoms with van der Waals surface area (Å²) in [5.41, 5.74) is 1.26. The molecule has 0 saturated carbocycles. The Labute approximate surface area is 162 Å². The average Bonchev–Trinajstić information content (AvgIpc) is 3.01. The number of carbonyl (C=O) groups is 1. The Morgan fingerprint density at radius 3 is 2.50 bits per heavy atom. The maximum absolute atomic E-state index is 12.9. The van der Waals surface area contributed by atoms with Crippen molar-refractivity contribution in [2.24, 2.45) is 0 Å². The third-order valence-electron chi connectivity index (χ3n) is 4.24. The van der Waals surface area contributed by atoms with Gasteiger partial charge in [-0.2, -0.15) is 0 Å². The predicted octanol–water partition coefficient (Wildman–Crippen LogP) is 2.63. The molecule has 1 aliphatic heterocycles. The first kappa shape index (κ1) is 19.6. The molecule has 0 bridgehead atoms. The van der Waals surface area contributed by atoms with Crippen LogP contribution >= 0.6 is 0 Å². The first-order chi connectivity index (χ1) is 13.3. The molecule has 0 aliphatic carbocycles. The van der Waals surface area contributed by atoms with Crippen LogP contribution in [0.15, 0.2) is 60.0 Å². The standard InChI is InChI=1S/C19H18N2O6S/c1-14-6-8-15(9-7-14)20(16-10-11-28(25,26)13-16)19(22)12-27-18-5-3-2-4-17(18)21(23)24/h2-11,16H,12-13H2,1H3/t16-/m1/s1. The van der Waals surface area contributed by atoms with Crippen LogP contribution in [0.1, 0.15) is 5.56 Å². The fourth-order valence-corrected chi connectivity index (χ4v) is 4.15. The normalized spacial score (nSPS) is 17.2. The molecular formula is C19H18N2O6S. The van der Waals surface area contributed by atoms with Crippen LogP contribution in [0.2, 0.25) is 0 Å². The molecule has 1 heterocycles. The summed E-state index contributed by atoms with van der Waals surface area (Å²) < 4.78 is 29.0. The van der Waals surface area contributed by atoms with Crippen LogP contribution in [-0.4, -0.2) is 37.6 Å². The Balaban J connectivity index is 1.84. The lowest BCUT2D eigenvalue weighted by Crippen LogP contribution is -2.43. The van der Waals surface area contributed by atoms with Crippen molar-refractivity contribution in [2.45, 2.75) is 13.0 Å². The van der Waals surface area contributed by atoms with E-state index in [1.807, 2.05) is 19.1 Å². The second-order valence-electron chi connectivity index (χ2n) is 6.34. The van der Waals surface area contributed by atoms with Crippen molar-refractivity contribution in [3.05, 3.63) is 75.7 Å². The number of hydrogen-bond donors (Lipinski definition) is 0. The Bertz CT molecular complexity index is 1030. The molecule has 3 rings (SSSR count). The van der Waals surface area contributed by atoms with Crippen molar-refractivity contribution < 1.29 is 22.9 Å². The van der Waals surface area contributed by atoms with Crippen LogP contribution in [-0.2, 0) is 14.6 Å². The van der Waals surface area contributed by atoms with Crippen molar-refractivity contribution in [1.82, 2.24) is 0 Å². The molecule has 0 spiro atoms. The van der Waals surface area contributed by atoms with Crippen LogP contribution in [0, 0.1) is 17.0 Å².